The lowest BCUT2D eigenvalue weighted by Gasteiger charge is -2.13. The van der Waals surface area contributed by atoms with E-state index in [1.165, 1.54) is 11.3 Å². The van der Waals surface area contributed by atoms with Crippen molar-refractivity contribution < 1.29 is 23.5 Å². The average Bonchev–Trinajstić information content (AvgIpc) is 3.12. The summed E-state index contributed by atoms with van der Waals surface area (Å²) in [7, 11) is 0. The van der Waals surface area contributed by atoms with Gasteiger partial charge in [0.05, 0.1) is 17.6 Å². The van der Waals surface area contributed by atoms with E-state index in [4.69, 9.17) is 13.9 Å². The maximum absolute atomic E-state index is 13.6. The number of carbonyl (C=O) groups excluding carboxylic acids is 2. The van der Waals surface area contributed by atoms with Crippen LogP contribution in [0.3, 0.4) is 0 Å². The quantitative estimate of drug-likeness (QED) is 0.290. The standard InChI is InChI=1S/C29H29NO6S/c1-7-34-29(33)23-18(5)19(6)37-28(23)30-22(31)14-35-27-24(32)21-13-16(3)12-17(4)25(21)36-26(27)20-10-8-15(2)9-11-20/h8-13H,7,14H2,1-6H3,(H,30,31). The van der Waals surface area contributed by atoms with Gasteiger partial charge in [-0.15, -0.1) is 11.3 Å². The summed E-state index contributed by atoms with van der Waals surface area (Å²) >= 11 is 1.29. The second-order valence-electron chi connectivity index (χ2n) is 8.96. The Bertz CT molecular complexity index is 1560. The Hall–Kier alpha value is -3.91. The molecule has 0 aliphatic carbocycles. The van der Waals surface area contributed by atoms with Crippen LogP contribution in [0.1, 0.15) is 44.4 Å². The molecule has 0 saturated heterocycles. The Labute approximate surface area is 219 Å². The van der Waals surface area contributed by atoms with Crippen molar-refractivity contribution in [3.63, 3.8) is 0 Å². The summed E-state index contributed by atoms with van der Waals surface area (Å²) in [5, 5.41) is 3.52. The van der Waals surface area contributed by atoms with Crippen LogP contribution in [0.25, 0.3) is 22.3 Å². The van der Waals surface area contributed by atoms with Crippen LogP contribution >= 0.6 is 11.3 Å². The lowest BCUT2D eigenvalue weighted by Crippen LogP contribution is -2.23. The lowest BCUT2D eigenvalue weighted by molar-refractivity contribution is -0.118. The van der Waals surface area contributed by atoms with Crippen molar-refractivity contribution in [1.82, 2.24) is 0 Å². The first-order chi connectivity index (χ1) is 17.6. The number of fused-ring (bicyclic) bond motifs is 1. The Kier molecular flexibility index (Phi) is 7.50. The van der Waals surface area contributed by atoms with Gasteiger partial charge in [-0.2, -0.15) is 0 Å². The van der Waals surface area contributed by atoms with Crippen LogP contribution in [0.4, 0.5) is 5.00 Å². The average molecular weight is 520 g/mol. The van der Waals surface area contributed by atoms with Crippen LogP contribution in [0.5, 0.6) is 5.75 Å². The van der Waals surface area contributed by atoms with E-state index >= 15 is 0 Å². The van der Waals surface area contributed by atoms with Crippen molar-refractivity contribution in [1.29, 1.82) is 0 Å². The summed E-state index contributed by atoms with van der Waals surface area (Å²) < 4.78 is 17.2. The predicted molar refractivity (Wildman–Crippen MR) is 146 cm³/mol. The second kappa shape index (κ2) is 10.6. The highest BCUT2D eigenvalue weighted by Crippen LogP contribution is 2.34. The van der Waals surface area contributed by atoms with E-state index < -0.39 is 18.5 Å². The third-order valence-electron chi connectivity index (χ3n) is 6.06. The molecule has 0 radical (unpaired) electrons. The molecule has 4 aromatic rings. The van der Waals surface area contributed by atoms with Crippen LogP contribution in [0.2, 0.25) is 0 Å². The number of hydrogen-bond donors (Lipinski definition) is 1. The van der Waals surface area contributed by atoms with Gasteiger partial charge in [0.1, 0.15) is 10.6 Å². The van der Waals surface area contributed by atoms with E-state index in [0.717, 1.165) is 27.1 Å². The molecule has 2 aromatic carbocycles. The monoisotopic (exact) mass is 519 g/mol. The fourth-order valence-electron chi connectivity index (χ4n) is 4.12. The van der Waals surface area contributed by atoms with E-state index in [2.05, 4.69) is 5.32 Å². The van der Waals surface area contributed by atoms with Crippen molar-refractivity contribution in [3.05, 3.63) is 79.3 Å². The highest BCUT2D eigenvalue weighted by molar-refractivity contribution is 7.16. The zero-order valence-electron chi connectivity index (χ0n) is 21.7. The minimum atomic E-state index is -0.512. The van der Waals surface area contributed by atoms with Crippen molar-refractivity contribution in [3.8, 4) is 17.1 Å². The van der Waals surface area contributed by atoms with Crippen molar-refractivity contribution in [2.45, 2.75) is 41.5 Å². The minimum absolute atomic E-state index is 0.0411. The summed E-state index contributed by atoms with van der Waals surface area (Å²) in [6.07, 6.45) is 0. The molecule has 2 heterocycles. The number of benzene rings is 2. The third-order valence-corrected chi connectivity index (χ3v) is 7.18. The molecule has 0 aliphatic rings. The molecule has 0 saturated carbocycles. The molecule has 0 fully saturated rings. The Morgan fingerprint density at radius 3 is 2.38 bits per heavy atom. The normalized spacial score (nSPS) is 11.0. The number of thiophene rings is 1. The summed E-state index contributed by atoms with van der Waals surface area (Å²) in [4.78, 5) is 39.8. The summed E-state index contributed by atoms with van der Waals surface area (Å²) in [5.41, 5.74) is 4.67. The van der Waals surface area contributed by atoms with Gasteiger partial charge in [-0.3, -0.25) is 9.59 Å². The molecule has 1 amide bonds. The molecule has 0 aliphatic heterocycles. The van der Waals surface area contributed by atoms with Crippen LogP contribution in [-0.4, -0.2) is 25.1 Å². The first-order valence-corrected chi connectivity index (χ1v) is 12.8. The van der Waals surface area contributed by atoms with Crippen molar-refractivity contribution >= 4 is 39.2 Å². The fraction of sp³-hybridized carbons (Fsp3) is 0.276. The third kappa shape index (κ3) is 5.29. The number of nitrogens with one attached hydrogen (secondary N) is 1. The fourth-order valence-corrected chi connectivity index (χ4v) is 5.19. The maximum Gasteiger partial charge on any atom is 0.341 e. The lowest BCUT2D eigenvalue weighted by atomic mass is 10.0. The van der Waals surface area contributed by atoms with Gasteiger partial charge >= 0.3 is 5.97 Å². The minimum Gasteiger partial charge on any atom is -0.476 e. The SMILES string of the molecule is CCOC(=O)c1c(NC(=O)COc2c(-c3ccc(C)cc3)oc3c(C)cc(C)cc3c2=O)sc(C)c1C. The van der Waals surface area contributed by atoms with Crippen LogP contribution in [0, 0.1) is 34.6 Å². The molecule has 37 heavy (non-hydrogen) atoms. The molecule has 0 bridgehead atoms. The van der Waals surface area contributed by atoms with Gasteiger partial charge in [0.25, 0.3) is 5.91 Å². The van der Waals surface area contributed by atoms with Gasteiger partial charge in [0.2, 0.25) is 11.2 Å². The molecule has 0 atom stereocenters. The van der Waals surface area contributed by atoms with Crippen molar-refractivity contribution in [2.75, 3.05) is 18.5 Å². The Balaban J connectivity index is 1.69. The van der Waals surface area contributed by atoms with E-state index in [9.17, 15) is 14.4 Å². The molecule has 192 valence electrons. The Morgan fingerprint density at radius 2 is 1.70 bits per heavy atom. The van der Waals surface area contributed by atoms with Crippen molar-refractivity contribution in [2.24, 2.45) is 0 Å². The highest BCUT2D eigenvalue weighted by Gasteiger charge is 2.24. The molecule has 1 N–H and O–H groups in total. The predicted octanol–water partition coefficient (Wildman–Crippen LogP) is 6.26. The van der Waals surface area contributed by atoms with E-state index in [1.54, 1.807) is 13.0 Å². The second-order valence-corrected chi connectivity index (χ2v) is 10.2. The molecular formula is C29H29NO6S. The number of esters is 1. The van der Waals surface area contributed by atoms with Gasteiger partial charge in [-0.1, -0.05) is 35.9 Å². The van der Waals surface area contributed by atoms with Crippen LogP contribution < -0.4 is 15.5 Å². The number of aryl methyl sites for hydroxylation is 4. The molecular weight excluding hydrogens is 490 g/mol. The van der Waals surface area contributed by atoms with Crippen LogP contribution in [0.15, 0.2) is 45.6 Å². The molecule has 4 rings (SSSR count). The number of rotatable bonds is 7. The van der Waals surface area contributed by atoms with Gasteiger partial charge in [-0.25, -0.2) is 4.79 Å². The largest absolute Gasteiger partial charge is 0.476 e. The first-order valence-electron chi connectivity index (χ1n) is 12.0. The van der Waals surface area contributed by atoms with E-state index in [0.29, 0.717) is 27.1 Å². The molecule has 7 nitrogen and oxygen atoms in total. The first kappa shape index (κ1) is 26.2. The molecule has 2 aromatic heterocycles. The number of hydrogen-bond acceptors (Lipinski definition) is 7. The topological polar surface area (TPSA) is 94.8 Å². The zero-order chi connectivity index (χ0) is 26.9. The molecule has 8 heteroatoms. The highest BCUT2D eigenvalue weighted by atomic mass is 32.1. The maximum atomic E-state index is 13.6. The van der Waals surface area contributed by atoms with Crippen LogP contribution in [-0.2, 0) is 9.53 Å². The van der Waals surface area contributed by atoms with Gasteiger partial charge < -0.3 is 19.2 Å². The summed E-state index contributed by atoms with van der Waals surface area (Å²) in [6.45, 7) is 10.9. The van der Waals surface area contributed by atoms with E-state index in [1.807, 2.05) is 65.0 Å². The summed E-state index contributed by atoms with van der Waals surface area (Å²) in [5.74, 6) is -0.794. The smallest absolute Gasteiger partial charge is 0.341 e. The number of anilines is 1. The zero-order valence-corrected chi connectivity index (χ0v) is 22.6. The van der Waals surface area contributed by atoms with Gasteiger partial charge in [0, 0.05) is 10.4 Å². The van der Waals surface area contributed by atoms with E-state index in [-0.39, 0.29) is 23.5 Å². The number of ether oxygens (including phenoxy) is 2. The number of carbonyl (C=O) groups is 2. The van der Waals surface area contributed by atoms with Gasteiger partial charge in [0.15, 0.2) is 12.4 Å². The Morgan fingerprint density at radius 1 is 1.00 bits per heavy atom. The number of amides is 1. The molecule has 0 unspecified atom stereocenters. The molecule has 0 spiro atoms. The van der Waals surface area contributed by atoms with Gasteiger partial charge in [-0.05, 0) is 64.3 Å². The summed E-state index contributed by atoms with van der Waals surface area (Å²) in [6, 6.07) is 11.2.